The molecule has 22 heavy (non-hydrogen) atoms. The average molecular weight is 296 g/mol. The van der Waals surface area contributed by atoms with Crippen LogP contribution in [0.1, 0.15) is 5.56 Å². The van der Waals surface area contributed by atoms with E-state index in [0.717, 1.165) is 0 Å². The molecule has 5 heteroatoms. The maximum atomic E-state index is 13.6. The van der Waals surface area contributed by atoms with Crippen molar-refractivity contribution in [2.45, 2.75) is 0 Å². The van der Waals surface area contributed by atoms with Crippen LogP contribution in [0.3, 0.4) is 0 Å². The van der Waals surface area contributed by atoms with Crippen LogP contribution in [0.4, 0.5) is 10.1 Å². The second-order valence-corrected chi connectivity index (χ2v) is 4.35. The second kappa shape index (κ2) is 7.04. The molecule has 4 nitrogen and oxygen atoms in total. The highest BCUT2D eigenvalue weighted by atomic mass is 19.1. The molecule has 0 unspecified atom stereocenters. The predicted octanol–water partition coefficient (Wildman–Crippen LogP) is 3.38. The van der Waals surface area contributed by atoms with Gasteiger partial charge in [0, 0.05) is 5.56 Å². The molecule has 1 N–H and O–H groups in total. The van der Waals surface area contributed by atoms with E-state index >= 15 is 0 Å². The van der Waals surface area contributed by atoms with Gasteiger partial charge in [-0.1, -0.05) is 30.3 Å². The molecule has 0 radical (unpaired) electrons. The number of rotatable bonds is 4. The lowest BCUT2D eigenvalue weighted by Crippen LogP contribution is -2.14. The van der Waals surface area contributed by atoms with Crippen LogP contribution in [0.25, 0.3) is 6.08 Å². The van der Waals surface area contributed by atoms with E-state index in [1.165, 1.54) is 31.4 Å². The number of hydrogen-bond acceptors (Lipinski definition) is 3. The van der Waals surface area contributed by atoms with Gasteiger partial charge < -0.3 is 10.1 Å². The topological polar surface area (TPSA) is 62.1 Å². The molecule has 0 spiro atoms. The number of ether oxygens (including phenoxy) is 1. The summed E-state index contributed by atoms with van der Waals surface area (Å²) in [5, 5.41) is 11.7. The molecule has 0 saturated heterocycles. The number of benzene rings is 2. The average Bonchev–Trinajstić information content (AvgIpc) is 2.54. The van der Waals surface area contributed by atoms with Crippen molar-refractivity contribution in [2.75, 3.05) is 12.4 Å². The van der Waals surface area contributed by atoms with Gasteiger partial charge in [0.25, 0.3) is 5.91 Å². The first-order valence-corrected chi connectivity index (χ1v) is 6.46. The third kappa shape index (κ3) is 3.49. The summed E-state index contributed by atoms with van der Waals surface area (Å²) >= 11 is 0. The monoisotopic (exact) mass is 296 g/mol. The van der Waals surface area contributed by atoms with Crippen LogP contribution in [0.5, 0.6) is 5.75 Å². The van der Waals surface area contributed by atoms with Gasteiger partial charge in [-0.15, -0.1) is 0 Å². The maximum Gasteiger partial charge on any atom is 0.266 e. The Bertz CT molecular complexity index is 763. The Morgan fingerprint density at radius 2 is 1.91 bits per heavy atom. The Hall–Kier alpha value is -3.13. The van der Waals surface area contributed by atoms with E-state index in [-0.39, 0.29) is 11.1 Å². The Morgan fingerprint density at radius 1 is 1.23 bits per heavy atom. The Kier molecular flexibility index (Phi) is 4.89. The van der Waals surface area contributed by atoms with Crippen molar-refractivity contribution in [1.29, 1.82) is 5.26 Å². The molecule has 0 saturated carbocycles. The number of anilines is 1. The number of methoxy groups -OCH3 is 1. The molecule has 0 aromatic heterocycles. The molecule has 0 heterocycles. The highest BCUT2D eigenvalue weighted by Crippen LogP contribution is 2.23. The number of carbonyl (C=O) groups excluding carboxylic acids is 1. The lowest BCUT2D eigenvalue weighted by molar-refractivity contribution is -0.112. The molecule has 110 valence electrons. The van der Waals surface area contributed by atoms with Crippen molar-refractivity contribution in [3.63, 3.8) is 0 Å². The number of nitrogens with one attached hydrogen (secondary N) is 1. The van der Waals surface area contributed by atoms with Crippen molar-refractivity contribution in [1.82, 2.24) is 0 Å². The molecule has 2 aromatic rings. The number of halogens is 1. The normalized spacial score (nSPS) is 10.7. The number of nitrogens with zero attached hydrogens (tertiary/aromatic N) is 1. The zero-order valence-electron chi connectivity index (χ0n) is 11.8. The quantitative estimate of drug-likeness (QED) is 0.695. The van der Waals surface area contributed by atoms with Crippen LogP contribution >= 0.6 is 0 Å². The van der Waals surface area contributed by atoms with Gasteiger partial charge in [-0.05, 0) is 24.3 Å². The summed E-state index contributed by atoms with van der Waals surface area (Å²) in [6, 6.07) is 14.5. The molecular weight excluding hydrogens is 283 g/mol. The molecule has 0 fully saturated rings. The van der Waals surface area contributed by atoms with Gasteiger partial charge in [0.05, 0.1) is 12.8 Å². The first kappa shape index (κ1) is 15.3. The first-order valence-electron chi connectivity index (χ1n) is 6.46. The Labute approximate surface area is 127 Å². The standard InChI is InChI=1S/C17H13FN2O2/c1-22-16-9-5-4-8-15(16)20-17(21)13(11-19)10-12-6-2-3-7-14(12)18/h2-10H,1H3,(H,20,21). The minimum Gasteiger partial charge on any atom is -0.495 e. The number of nitriles is 1. The summed E-state index contributed by atoms with van der Waals surface area (Å²) in [6.07, 6.45) is 1.21. The van der Waals surface area contributed by atoms with Crippen LogP contribution in [0, 0.1) is 17.1 Å². The van der Waals surface area contributed by atoms with Gasteiger partial charge in [0.15, 0.2) is 0 Å². The van der Waals surface area contributed by atoms with E-state index < -0.39 is 11.7 Å². The van der Waals surface area contributed by atoms with Gasteiger partial charge in [0.1, 0.15) is 23.2 Å². The highest BCUT2D eigenvalue weighted by molar-refractivity contribution is 6.10. The summed E-state index contributed by atoms with van der Waals surface area (Å²) in [6.45, 7) is 0. The van der Waals surface area contributed by atoms with Crippen molar-refractivity contribution in [3.05, 3.63) is 65.5 Å². The van der Waals surface area contributed by atoms with Crippen LogP contribution < -0.4 is 10.1 Å². The van der Waals surface area contributed by atoms with Crippen LogP contribution in [0.2, 0.25) is 0 Å². The van der Waals surface area contributed by atoms with Crippen molar-refractivity contribution in [2.24, 2.45) is 0 Å². The Balaban J connectivity index is 2.27. The summed E-state index contributed by atoms with van der Waals surface area (Å²) in [5.74, 6) is -0.658. The minimum absolute atomic E-state index is 0.175. The number of hydrogen-bond donors (Lipinski definition) is 1. The molecule has 0 atom stereocenters. The third-order valence-corrected chi connectivity index (χ3v) is 2.93. The Morgan fingerprint density at radius 3 is 2.59 bits per heavy atom. The number of carbonyl (C=O) groups is 1. The highest BCUT2D eigenvalue weighted by Gasteiger charge is 2.12. The SMILES string of the molecule is COc1ccccc1NC(=O)C(C#N)=Cc1ccccc1F. The number of amides is 1. The van der Waals surface area contributed by atoms with Crippen LogP contribution in [-0.4, -0.2) is 13.0 Å². The van der Waals surface area contributed by atoms with E-state index in [2.05, 4.69) is 5.32 Å². The van der Waals surface area contributed by atoms with E-state index in [0.29, 0.717) is 11.4 Å². The molecule has 2 aromatic carbocycles. The summed E-state index contributed by atoms with van der Waals surface area (Å²) < 4.78 is 18.7. The largest absolute Gasteiger partial charge is 0.495 e. The molecule has 2 rings (SSSR count). The summed E-state index contributed by atoms with van der Waals surface area (Å²) in [4.78, 5) is 12.1. The maximum absolute atomic E-state index is 13.6. The predicted molar refractivity (Wildman–Crippen MR) is 81.6 cm³/mol. The van der Waals surface area contributed by atoms with Gasteiger partial charge in [-0.3, -0.25) is 4.79 Å². The second-order valence-electron chi connectivity index (χ2n) is 4.35. The fraction of sp³-hybridized carbons (Fsp3) is 0.0588. The van der Waals surface area contributed by atoms with Crippen molar-refractivity contribution in [3.8, 4) is 11.8 Å². The van der Waals surface area contributed by atoms with E-state index in [4.69, 9.17) is 10.00 Å². The molecule has 0 bridgehead atoms. The van der Waals surface area contributed by atoms with Gasteiger partial charge in [0.2, 0.25) is 0 Å². The van der Waals surface area contributed by atoms with E-state index in [9.17, 15) is 9.18 Å². The van der Waals surface area contributed by atoms with Gasteiger partial charge in [-0.25, -0.2) is 4.39 Å². The van der Waals surface area contributed by atoms with Gasteiger partial charge >= 0.3 is 0 Å². The number of para-hydroxylation sites is 2. The zero-order valence-corrected chi connectivity index (χ0v) is 11.8. The van der Waals surface area contributed by atoms with Crippen LogP contribution in [0.15, 0.2) is 54.1 Å². The van der Waals surface area contributed by atoms with Gasteiger partial charge in [-0.2, -0.15) is 5.26 Å². The van der Waals surface area contributed by atoms with E-state index in [1.807, 2.05) is 0 Å². The third-order valence-electron chi connectivity index (χ3n) is 2.93. The van der Waals surface area contributed by atoms with E-state index in [1.54, 1.807) is 36.4 Å². The minimum atomic E-state index is -0.629. The first-order chi connectivity index (χ1) is 10.7. The van der Waals surface area contributed by atoms with Crippen molar-refractivity contribution < 1.29 is 13.9 Å². The molecular formula is C17H13FN2O2. The van der Waals surface area contributed by atoms with Crippen molar-refractivity contribution >= 4 is 17.7 Å². The van der Waals surface area contributed by atoms with Crippen LogP contribution in [-0.2, 0) is 4.79 Å². The fourth-order valence-corrected chi connectivity index (χ4v) is 1.83. The molecule has 1 amide bonds. The molecule has 0 aliphatic rings. The lowest BCUT2D eigenvalue weighted by Gasteiger charge is -2.09. The summed E-state index contributed by atoms with van der Waals surface area (Å²) in [5.41, 5.74) is 0.412. The summed E-state index contributed by atoms with van der Waals surface area (Å²) in [7, 11) is 1.48. The molecule has 0 aliphatic heterocycles. The fourth-order valence-electron chi connectivity index (χ4n) is 1.83. The zero-order chi connectivity index (χ0) is 15.9. The molecule has 0 aliphatic carbocycles. The smallest absolute Gasteiger partial charge is 0.266 e. The lowest BCUT2D eigenvalue weighted by atomic mass is 10.1.